The fourth-order valence-corrected chi connectivity index (χ4v) is 3.87. The Kier molecular flexibility index (Phi) is 3.57. The molecule has 0 saturated carbocycles. The molecule has 7 heteroatoms. The van der Waals surface area contributed by atoms with E-state index in [4.69, 9.17) is 15.2 Å². The smallest absolute Gasteiger partial charge is 0.247 e. The number of fused-ring (bicyclic) bond motifs is 1. The molecule has 2 aliphatic rings. The number of carbonyl (C=O) groups is 2. The standard InChI is InChI=1S/C17H14N2O4S/c18-10-2-1-3-12(6-10)24-15-8-16(20)19(17(15)21)11-4-5-13-14(7-11)23-9-22-13/h1-7,15H,8-9,18H2. The van der Waals surface area contributed by atoms with Crippen molar-refractivity contribution >= 4 is 35.0 Å². The summed E-state index contributed by atoms with van der Waals surface area (Å²) < 4.78 is 10.6. The molecule has 4 rings (SSSR count). The van der Waals surface area contributed by atoms with Gasteiger partial charge in [-0.15, -0.1) is 11.8 Å². The number of anilines is 2. The van der Waals surface area contributed by atoms with Crippen LogP contribution in [0.3, 0.4) is 0 Å². The van der Waals surface area contributed by atoms with Crippen LogP contribution < -0.4 is 20.1 Å². The number of rotatable bonds is 3. The predicted octanol–water partition coefficient (Wildman–Crippen LogP) is 2.42. The van der Waals surface area contributed by atoms with Gasteiger partial charge >= 0.3 is 0 Å². The van der Waals surface area contributed by atoms with Crippen LogP contribution in [0.5, 0.6) is 11.5 Å². The van der Waals surface area contributed by atoms with Crippen LogP contribution in [-0.2, 0) is 9.59 Å². The van der Waals surface area contributed by atoms with Gasteiger partial charge in [-0.1, -0.05) is 6.07 Å². The highest BCUT2D eigenvalue weighted by molar-refractivity contribution is 8.00. The number of ether oxygens (including phenoxy) is 2. The molecule has 122 valence electrons. The first-order valence-corrected chi connectivity index (χ1v) is 8.28. The third-order valence-electron chi connectivity index (χ3n) is 3.86. The van der Waals surface area contributed by atoms with Crippen molar-refractivity contribution < 1.29 is 19.1 Å². The van der Waals surface area contributed by atoms with Gasteiger partial charge in [0.2, 0.25) is 18.6 Å². The summed E-state index contributed by atoms with van der Waals surface area (Å²) in [5.74, 6) is 0.704. The molecule has 2 aromatic carbocycles. The summed E-state index contributed by atoms with van der Waals surface area (Å²) in [5.41, 5.74) is 6.90. The number of carbonyl (C=O) groups excluding carboxylic acids is 2. The lowest BCUT2D eigenvalue weighted by atomic mass is 10.2. The second-order valence-corrected chi connectivity index (χ2v) is 6.76. The van der Waals surface area contributed by atoms with Gasteiger partial charge in [0, 0.05) is 23.1 Å². The first kappa shape index (κ1) is 14.9. The van der Waals surface area contributed by atoms with E-state index in [2.05, 4.69) is 0 Å². The molecular weight excluding hydrogens is 328 g/mol. The van der Waals surface area contributed by atoms with Crippen LogP contribution in [0.25, 0.3) is 0 Å². The van der Waals surface area contributed by atoms with E-state index in [1.807, 2.05) is 12.1 Å². The predicted molar refractivity (Wildman–Crippen MR) is 90.2 cm³/mol. The first-order chi connectivity index (χ1) is 11.6. The van der Waals surface area contributed by atoms with Gasteiger partial charge in [-0.2, -0.15) is 0 Å². The summed E-state index contributed by atoms with van der Waals surface area (Å²) in [5, 5.41) is -0.454. The van der Waals surface area contributed by atoms with Crippen molar-refractivity contribution in [3.63, 3.8) is 0 Å². The second kappa shape index (κ2) is 5.76. The molecule has 1 saturated heterocycles. The van der Waals surface area contributed by atoms with Gasteiger partial charge in [0.05, 0.1) is 10.9 Å². The molecule has 0 radical (unpaired) electrons. The number of amides is 2. The van der Waals surface area contributed by atoms with E-state index in [1.54, 1.807) is 30.3 Å². The Bertz CT molecular complexity index is 839. The van der Waals surface area contributed by atoms with Crippen molar-refractivity contribution in [2.75, 3.05) is 17.4 Å². The van der Waals surface area contributed by atoms with Gasteiger partial charge < -0.3 is 15.2 Å². The zero-order chi connectivity index (χ0) is 16.7. The minimum atomic E-state index is -0.454. The lowest BCUT2D eigenvalue weighted by Crippen LogP contribution is -2.31. The number of nitrogens with two attached hydrogens (primary N) is 1. The summed E-state index contributed by atoms with van der Waals surface area (Å²) in [7, 11) is 0. The number of hydrogen-bond donors (Lipinski definition) is 1. The molecule has 2 heterocycles. The van der Waals surface area contributed by atoms with Gasteiger partial charge in [0.25, 0.3) is 0 Å². The van der Waals surface area contributed by atoms with Gasteiger partial charge in [-0.3, -0.25) is 9.59 Å². The molecule has 0 aromatic heterocycles. The van der Waals surface area contributed by atoms with Crippen molar-refractivity contribution in [1.29, 1.82) is 0 Å². The van der Waals surface area contributed by atoms with E-state index in [1.165, 1.54) is 16.7 Å². The van der Waals surface area contributed by atoms with E-state index in [0.29, 0.717) is 22.9 Å². The molecule has 2 aromatic rings. The summed E-state index contributed by atoms with van der Waals surface area (Å²) >= 11 is 1.35. The van der Waals surface area contributed by atoms with Crippen molar-refractivity contribution in [3.8, 4) is 11.5 Å². The van der Waals surface area contributed by atoms with Crippen molar-refractivity contribution in [2.45, 2.75) is 16.6 Å². The summed E-state index contributed by atoms with van der Waals surface area (Å²) in [6.07, 6.45) is 0.159. The zero-order valence-corrected chi connectivity index (χ0v) is 13.4. The molecule has 1 atom stereocenters. The van der Waals surface area contributed by atoms with E-state index in [9.17, 15) is 9.59 Å². The highest BCUT2D eigenvalue weighted by Crippen LogP contribution is 2.39. The van der Waals surface area contributed by atoms with E-state index >= 15 is 0 Å². The van der Waals surface area contributed by atoms with Gasteiger partial charge in [-0.05, 0) is 30.3 Å². The number of benzene rings is 2. The van der Waals surface area contributed by atoms with E-state index in [0.717, 1.165) is 4.90 Å². The van der Waals surface area contributed by atoms with Crippen molar-refractivity contribution in [3.05, 3.63) is 42.5 Å². The summed E-state index contributed by atoms with van der Waals surface area (Å²) in [4.78, 5) is 27.1. The molecule has 2 N–H and O–H groups in total. The molecule has 2 amide bonds. The molecule has 0 bridgehead atoms. The number of nitrogens with zero attached hydrogens (tertiary/aromatic N) is 1. The van der Waals surface area contributed by atoms with Crippen LogP contribution in [0.15, 0.2) is 47.4 Å². The average molecular weight is 342 g/mol. The van der Waals surface area contributed by atoms with Crippen LogP contribution in [0, 0.1) is 0 Å². The normalized spacial score (nSPS) is 19.2. The lowest BCUT2D eigenvalue weighted by molar-refractivity contribution is -0.121. The molecule has 1 fully saturated rings. The fourth-order valence-electron chi connectivity index (χ4n) is 2.74. The third kappa shape index (κ3) is 2.56. The molecule has 0 aliphatic carbocycles. The number of imide groups is 1. The third-order valence-corrected chi connectivity index (χ3v) is 5.03. The second-order valence-electron chi connectivity index (χ2n) is 5.49. The molecule has 6 nitrogen and oxygen atoms in total. The number of hydrogen-bond acceptors (Lipinski definition) is 6. The largest absolute Gasteiger partial charge is 0.454 e. The van der Waals surface area contributed by atoms with Gasteiger partial charge in [-0.25, -0.2) is 4.90 Å². The van der Waals surface area contributed by atoms with Crippen molar-refractivity contribution in [1.82, 2.24) is 0 Å². The Morgan fingerprint density at radius 3 is 2.75 bits per heavy atom. The Labute approximate surface area is 142 Å². The molecular formula is C17H14N2O4S. The molecule has 0 spiro atoms. The minimum absolute atomic E-state index is 0.147. The van der Waals surface area contributed by atoms with Gasteiger partial charge in [0.15, 0.2) is 11.5 Å². The fraction of sp³-hybridized carbons (Fsp3) is 0.176. The van der Waals surface area contributed by atoms with Crippen LogP contribution in [0.1, 0.15) is 6.42 Å². The minimum Gasteiger partial charge on any atom is -0.454 e. The first-order valence-electron chi connectivity index (χ1n) is 7.40. The molecule has 24 heavy (non-hydrogen) atoms. The lowest BCUT2D eigenvalue weighted by Gasteiger charge is -2.15. The Morgan fingerprint density at radius 2 is 1.92 bits per heavy atom. The van der Waals surface area contributed by atoms with Crippen LogP contribution in [-0.4, -0.2) is 23.9 Å². The SMILES string of the molecule is Nc1cccc(SC2CC(=O)N(c3ccc4c(c3)OCO4)C2=O)c1. The van der Waals surface area contributed by atoms with E-state index < -0.39 is 5.25 Å². The number of nitrogen functional groups attached to an aromatic ring is 1. The summed E-state index contributed by atoms with van der Waals surface area (Å²) in [6, 6.07) is 12.3. The van der Waals surface area contributed by atoms with E-state index in [-0.39, 0.29) is 25.0 Å². The molecule has 2 aliphatic heterocycles. The zero-order valence-electron chi connectivity index (χ0n) is 12.6. The quantitative estimate of drug-likeness (QED) is 0.681. The summed E-state index contributed by atoms with van der Waals surface area (Å²) in [6.45, 7) is 0.147. The maximum absolute atomic E-state index is 12.7. The topological polar surface area (TPSA) is 81.9 Å². The average Bonchev–Trinajstić information content (AvgIpc) is 3.12. The Balaban J connectivity index is 1.57. The highest BCUT2D eigenvalue weighted by atomic mass is 32.2. The van der Waals surface area contributed by atoms with Crippen LogP contribution in [0.2, 0.25) is 0 Å². The highest BCUT2D eigenvalue weighted by Gasteiger charge is 2.40. The molecule has 1 unspecified atom stereocenters. The van der Waals surface area contributed by atoms with Crippen LogP contribution in [0.4, 0.5) is 11.4 Å². The van der Waals surface area contributed by atoms with Crippen molar-refractivity contribution in [2.24, 2.45) is 0 Å². The van der Waals surface area contributed by atoms with Crippen LogP contribution >= 0.6 is 11.8 Å². The number of thioether (sulfide) groups is 1. The van der Waals surface area contributed by atoms with Gasteiger partial charge in [0.1, 0.15) is 0 Å². The maximum Gasteiger partial charge on any atom is 0.247 e. The Morgan fingerprint density at radius 1 is 1.08 bits per heavy atom. The maximum atomic E-state index is 12.7. The monoisotopic (exact) mass is 342 g/mol. The Hall–Kier alpha value is -2.67.